The minimum Gasteiger partial charge on any atom is -0.496 e. The van der Waals surface area contributed by atoms with Crippen LogP contribution < -0.4 is 24.7 Å². The Morgan fingerprint density at radius 3 is 2.49 bits per heavy atom. The molecule has 1 fully saturated rings. The zero-order valence-electron chi connectivity index (χ0n) is 22.6. The second kappa shape index (κ2) is 9.64. The lowest BCUT2D eigenvalue weighted by atomic mass is 9.83. The van der Waals surface area contributed by atoms with Gasteiger partial charge in [-0.2, -0.15) is 0 Å². The van der Waals surface area contributed by atoms with Crippen molar-refractivity contribution in [2.75, 3.05) is 45.0 Å². The highest BCUT2D eigenvalue weighted by atomic mass is 32.2. The van der Waals surface area contributed by atoms with E-state index < -0.39 is 10.0 Å². The Balaban J connectivity index is 1.85. The van der Waals surface area contributed by atoms with Gasteiger partial charge in [0.15, 0.2) is 5.88 Å². The number of sulfonamides is 1. The first-order chi connectivity index (χ1) is 17.2. The summed E-state index contributed by atoms with van der Waals surface area (Å²) in [6, 6.07) is 7.54. The highest BCUT2D eigenvalue weighted by Gasteiger charge is 2.35. The highest BCUT2D eigenvalue weighted by Crippen LogP contribution is 2.43. The van der Waals surface area contributed by atoms with Crippen LogP contribution in [0.3, 0.4) is 0 Å². The van der Waals surface area contributed by atoms with Crippen molar-refractivity contribution in [2.24, 2.45) is 5.41 Å². The summed E-state index contributed by atoms with van der Waals surface area (Å²) in [6.45, 7) is 10.3. The summed E-state index contributed by atoms with van der Waals surface area (Å²) in [5.41, 5.74) is 3.07. The number of aromatic amines is 1. The topological polar surface area (TPSA) is 114 Å². The van der Waals surface area contributed by atoms with E-state index >= 15 is 0 Å². The van der Waals surface area contributed by atoms with Gasteiger partial charge in [0.25, 0.3) is 5.56 Å². The third-order valence-electron chi connectivity index (χ3n) is 7.00. The molecule has 1 aromatic carbocycles. The van der Waals surface area contributed by atoms with Crippen molar-refractivity contribution in [1.82, 2.24) is 14.7 Å². The average molecular weight is 529 g/mol. The SMILES string of the molecule is COc1ccc(-c2cc(C(C)(C)C)c(OC)c3cc(N4CCC(C)(CNS(C)(=O)=O)C4)cnc23)c(=O)[nH]1. The van der Waals surface area contributed by atoms with E-state index in [-0.39, 0.29) is 16.4 Å². The normalized spacial score (nSPS) is 18.4. The van der Waals surface area contributed by atoms with Gasteiger partial charge in [0.05, 0.1) is 37.9 Å². The summed E-state index contributed by atoms with van der Waals surface area (Å²) in [4.78, 5) is 22.8. The van der Waals surface area contributed by atoms with Crippen LogP contribution >= 0.6 is 0 Å². The van der Waals surface area contributed by atoms with Crippen molar-refractivity contribution < 1.29 is 17.9 Å². The molecule has 2 N–H and O–H groups in total. The van der Waals surface area contributed by atoms with E-state index in [1.165, 1.54) is 13.4 Å². The van der Waals surface area contributed by atoms with Crippen LogP contribution in [-0.4, -0.2) is 58.5 Å². The highest BCUT2D eigenvalue weighted by molar-refractivity contribution is 7.88. The lowest BCUT2D eigenvalue weighted by Crippen LogP contribution is -2.37. The van der Waals surface area contributed by atoms with Crippen molar-refractivity contribution in [3.63, 3.8) is 0 Å². The molecule has 0 bridgehead atoms. The van der Waals surface area contributed by atoms with Gasteiger partial charge in [-0.1, -0.05) is 27.7 Å². The Labute approximate surface area is 218 Å². The van der Waals surface area contributed by atoms with Crippen LogP contribution in [0.4, 0.5) is 5.69 Å². The molecule has 0 aliphatic carbocycles. The molecule has 4 rings (SSSR count). The fourth-order valence-corrected chi connectivity index (χ4v) is 5.51. The molecule has 0 radical (unpaired) electrons. The molecule has 0 spiro atoms. The molecular weight excluding hydrogens is 492 g/mol. The van der Waals surface area contributed by atoms with Crippen LogP contribution in [0.5, 0.6) is 11.6 Å². The molecule has 200 valence electrons. The van der Waals surface area contributed by atoms with E-state index in [1.807, 2.05) is 12.3 Å². The van der Waals surface area contributed by atoms with Gasteiger partial charge in [-0.05, 0) is 36.1 Å². The molecule has 3 aromatic rings. The van der Waals surface area contributed by atoms with Gasteiger partial charge >= 0.3 is 0 Å². The Morgan fingerprint density at radius 1 is 1.16 bits per heavy atom. The number of nitrogens with zero attached hydrogens (tertiary/aromatic N) is 2. The number of hydrogen-bond acceptors (Lipinski definition) is 7. The number of pyridine rings is 2. The second-order valence-corrected chi connectivity index (χ2v) is 13.0. The molecule has 0 saturated carbocycles. The average Bonchev–Trinajstić information content (AvgIpc) is 3.23. The minimum atomic E-state index is -3.26. The predicted molar refractivity (Wildman–Crippen MR) is 147 cm³/mol. The van der Waals surface area contributed by atoms with Crippen LogP contribution in [0, 0.1) is 5.41 Å². The molecule has 37 heavy (non-hydrogen) atoms. The molecule has 1 aliphatic heterocycles. The smallest absolute Gasteiger partial charge is 0.258 e. The van der Waals surface area contributed by atoms with Crippen LogP contribution in [0.1, 0.15) is 39.7 Å². The van der Waals surface area contributed by atoms with Gasteiger partial charge in [0.2, 0.25) is 10.0 Å². The Morgan fingerprint density at radius 2 is 1.89 bits per heavy atom. The summed E-state index contributed by atoms with van der Waals surface area (Å²) < 4.78 is 37.1. The fraction of sp³-hybridized carbons (Fsp3) is 0.481. The van der Waals surface area contributed by atoms with Crippen LogP contribution in [0.2, 0.25) is 0 Å². The molecule has 1 atom stereocenters. The van der Waals surface area contributed by atoms with E-state index in [0.29, 0.717) is 30.0 Å². The lowest BCUT2D eigenvalue weighted by Gasteiger charge is -2.27. The van der Waals surface area contributed by atoms with Crippen molar-refractivity contribution in [1.29, 1.82) is 0 Å². The largest absolute Gasteiger partial charge is 0.496 e. The maximum Gasteiger partial charge on any atom is 0.258 e. The van der Waals surface area contributed by atoms with Gasteiger partial charge < -0.3 is 14.4 Å². The van der Waals surface area contributed by atoms with Crippen molar-refractivity contribution in [3.8, 4) is 22.8 Å². The number of fused-ring (bicyclic) bond motifs is 1. The van der Waals surface area contributed by atoms with Crippen molar-refractivity contribution in [3.05, 3.63) is 46.4 Å². The summed E-state index contributed by atoms with van der Waals surface area (Å²) in [6.07, 6.45) is 3.84. The molecule has 10 heteroatoms. The van der Waals surface area contributed by atoms with Gasteiger partial charge in [0, 0.05) is 47.1 Å². The van der Waals surface area contributed by atoms with E-state index in [4.69, 9.17) is 14.5 Å². The minimum absolute atomic E-state index is 0.197. The molecule has 9 nitrogen and oxygen atoms in total. The molecule has 0 amide bonds. The van der Waals surface area contributed by atoms with E-state index in [2.05, 4.69) is 48.4 Å². The first-order valence-electron chi connectivity index (χ1n) is 12.2. The Hall–Kier alpha value is -3.11. The zero-order valence-corrected chi connectivity index (χ0v) is 23.4. The number of methoxy groups -OCH3 is 2. The summed E-state index contributed by atoms with van der Waals surface area (Å²) in [5.74, 6) is 1.12. The number of nitrogens with one attached hydrogen (secondary N) is 2. The first-order valence-corrected chi connectivity index (χ1v) is 14.1. The van der Waals surface area contributed by atoms with Gasteiger partial charge in [-0.15, -0.1) is 0 Å². The summed E-state index contributed by atoms with van der Waals surface area (Å²) >= 11 is 0. The number of H-pyrrole nitrogens is 1. The van der Waals surface area contributed by atoms with E-state index in [0.717, 1.165) is 40.9 Å². The third kappa shape index (κ3) is 5.60. The molecular formula is C27H36N4O5S. The zero-order chi connectivity index (χ0) is 27.2. The predicted octanol–water partition coefficient (Wildman–Crippen LogP) is 3.67. The number of anilines is 1. The second-order valence-electron chi connectivity index (χ2n) is 11.2. The molecule has 3 heterocycles. The quantitative estimate of drug-likeness (QED) is 0.481. The Kier molecular flexibility index (Phi) is 7.02. The van der Waals surface area contributed by atoms with Crippen LogP contribution in [0.15, 0.2) is 35.3 Å². The molecule has 1 unspecified atom stereocenters. The summed E-state index contributed by atoms with van der Waals surface area (Å²) in [5, 5.41) is 0.820. The monoisotopic (exact) mass is 528 g/mol. The fourth-order valence-electron chi connectivity index (χ4n) is 4.90. The lowest BCUT2D eigenvalue weighted by molar-refractivity contribution is 0.367. The summed E-state index contributed by atoms with van der Waals surface area (Å²) in [7, 11) is -0.0988. The van der Waals surface area contributed by atoms with Gasteiger partial charge in [-0.3, -0.25) is 14.8 Å². The molecule has 2 aromatic heterocycles. The number of hydrogen-bond donors (Lipinski definition) is 2. The van der Waals surface area contributed by atoms with Gasteiger partial charge in [-0.25, -0.2) is 13.1 Å². The maximum atomic E-state index is 13.0. The van der Waals surface area contributed by atoms with E-state index in [9.17, 15) is 13.2 Å². The third-order valence-corrected chi connectivity index (χ3v) is 7.66. The van der Waals surface area contributed by atoms with Gasteiger partial charge in [0.1, 0.15) is 5.75 Å². The first kappa shape index (κ1) is 26.9. The standard InChI is InChI=1S/C27H36N4O5S/c1-26(2,3)21-13-19(18-8-9-22(35-5)30-25(18)32)23-20(24(21)36-6)12-17(14-28-23)31-11-10-27(4,16-31)15-29-37(7,33)34/h8-9,12-14,29H,10-11,15-16H2,1-7H3,(H,30,32). The van der Waals surface area contributed by atoms with Crippen LogP contribution in [0.25, 0.3) is 22.0 Å². The number of ether oxygens (including phenoxy) is 2. The molecule has 1 aliphatic rings. The molecule has 1 saturated heterocycles. The number of rotatable bonds is 7. The van der Waals surface area contributed by atoms with E-state index in [1.54, 1.807) is 19.2 Å². The Bertz CT molecular complexity index is 1490. The van der Waals surface area contributed by atoms with Crippen LogP contribution in [-0.2, 0) is 15.4 Å². The number of benzene rings is 1. The van der Waals surface area contributed by atoms with Crippen molar-refractivity contribution >= 4 is 26.6 Å². The van der Waals surface area contributed by atoms with Crippen molar-refractivity contribution in [2.45, 2.75) is 39.5 Å². The number of aromatic nitrogens is 2. The maximum absolute atomic E-state index is 13.0.